The predicted octanol–water partition coefficient (Wildman–Crippen LogP) is 9.42. The van der Waals surface area contributed by atoms with E-state index in [0.717, 1.165) is 28.9 Å². The maximum Gasteiger partial charge on any atom is 0.298 e. The maximum atomic E-state index is 13.5. The summed E-state index contributed by atoms with van der Waals surface area (Å²) >= 11 is 0. The first-order valence-corrected chi connectivity index (χ1v) is 31.2. The second-order valence-electron chi connectivity index (χ2n) is 22.2. The van der Waals surface area contributed by atoms with Gasteiger partial charge in [-0.05, 0) is 130 Å². The number of ketones is 2. The van der Waals surface area contributed by atoms with Crippen LogP contribution in [0.25, 0.3) is 40.2 Å². The smallest absolute Gasteiger partial charge is 0.298 e. The molecule has 6 aromatic rings. The first-order valence-electron chi connectivity index (χ1n) is 25.4. The average Bonchev–Trinajstić information content (AvgIpc) is 3.32. The molecule has 0 saturated carbocycles. The number of rotatable bonds is 17. The first kappa shape index (κ1) is 55.2. The Bertz CT molecular complexity index is 3050. The highest BCUT2D eigenvalue weighted by Gasteiger charge is 2.38. The third-order valence-electron chi connectivity index (χ3n) is 14.8. The van der Waals surface area contributed by atoms with Crippen LogP contribution in [0.15, 0.2) is 114 Å². The molecule has 0 spiro atoms. The molecule has 0 N–H and O–H groups in total. The lowest BCUT2D eigenvalue weighted by Gasteiger charge is -2.38. The third kappa shape index (κ3) is 13.2. The van der Waals surface area contributed by atoms with E-state index in [2.05, 4.69) is 92.7 Å². The predicted molar refractivity (Wildman–Crippen MR) is 298 cm³/mol. The lowest BCUT2D eigenvalue weighted by Crippen LogP contribution is -2.52. The van der Waals surface area contributed by atoms with Crippen LogP contribution >= 0.6 is 0 Å². The largest absolute Gasteiger partial charge is 0.417 e. The average molecular weight is 1040 g/mol. The molecule has 0 radical (unpaired) electrons. The number of anilines is 2. The van der Waals surface area contributed by atoms with Gasteiger partial charge in [0, 0.05) is 92.5 Å². The second-order valence-corrected chi connectivity index (χ2v) is 31.9. The highest BCUT2D eigenvalue weighted by atomic mass is 28.4. The first-order chi connectivity index (χ1) is 34.9. The summed E-state index contributed by atoms with van der Waals surface area (Å²) in [6.07, 6.45) is 15.7. The molecule has 2 aliphatic heterocycles. The van der Waals surface area contributed by atoms with E-state index in [1.807, 2.05) is 76.7 Å². The molecule has 18 heteroatoms. The summed E-state index contributed by atoms with van der Waals surface area (Å²) in [6.45, 7) is 28.7. The van der Waals surface area contributed by atoms with Crippen molar-refractivity contribution in [3.63, 3.8) is 0 Å². The number of carbonyl (C=O) groups is 2. The van der Waals surface area contributed by atoms with E-state index in [9.17, 15) is 19.2 Å². The highest BCUT2D eigenvalue weighted by molar-refractivity contribution is 6.74. The van der Waals surface area contributed by atoms with Crippen molar-refractivity contribution >= 4 is 45.9 Å². The van der Waals surface area contributed by atoms with Crippen molar-refractivity contribution < 1.29 is 18.4 Å². The van der Waals surface area contributed by atoms with Crippen LogP contribution in [0, 0.1) is 11.8 Å². The van der Waals surface area contributed by atoms with Crippen molar-refractivity contribution in [2.45, 2.75) is 104 Å². The minimum absolute atomic E-state index is 0.0403. The summed E-state index contributed by atoms with van der Waals surface area (Å²) in [5.41, 5.74) is 4.26. The number of aromatic nitrogens is 8. The van der Waals surface area contributed by atoms with Crippen LogP contribution in [-0.4, -0.2) is 107 Å². The Morgan fingerprint density at radius 1 is 0.622 bits per heavy atom. The summed E-state index contributed by atoms with van der Waals surface area (Å²) in [5.74, 6) is 2.19. The van der Waals surface area contributed by atoms with Gasteiger partial charge in [-0.15, -0.1) is 0 Å². The van der Waals surface area contributed by atoms with Gasteiger partial charge in [-0.2, -0.15) is 0 Å². The Balaban J connectivity index is 0.000000216. The monoisotopic (exact) mass is 1040 g/mol. The number of benzene rings is 2. The zero-order valence-corrected chi connectivity index (χ0v) is 47.1. The summed E-state index contributed by atoms with van der Waals surface area (Å²) in [4.78, 5) is 80.8. The van der Waals surface area contributed by atoms with Gasteiger partial charge in [0.25, 0.3) is 11.1 Å². The zero-order valence-electron chi connectivity index (χ0n) is 45.1. The fraction of sp³-hybridized carbons (Fsp3) is 0.429. The van der Waals surface area contributed by atoms with Gasteiger partial charge in [-0.3, -0.25) is 28.3 Å². The van der Waals surface area contributed by atoms with Crippen LogP contribution in [0.5, 0.6) is 0 Å². The third-order valence-corrected chi connectivity index (χ3v) is 23.8. The SMILES string of the molecule is CC(=O)C1CN(c2nc(/C=C/CO[Si](C)(C)C(C)(C)C)cn(-c3ccc(-c4ncccn4)cc3)c2=O)C1.CC(=O)C1CN(c2nc(CCCO[Si](C)(C)C(C)(C)C)cn(-c3ccc(-c4ncccn4)cc3)c2=O)C1. The molecule has 0 aliphatic carbocycles. The second kappa shape index (κ2) is 22.9. The molecule has 16 nitrogen and oxygen atoms in total. The van der Waals surface area contributed by atoms with Gasteiger partial charge in [0.2, 0.25) is 0 Å². The molecule has 2 fully saturated rings. The molecule has 0 amide bonds. The lowest BCUT2D eigenvalue weighted by atomic mass is 9.96. The Kier molecular flexibility index (Phi) is 17.1. The summed E-state index contributed by atoms with van der Waals surface area (Å²) in [7, 11) is -3.69. The molecule has 390 valence electrons. The van der Waals surface area contributed by atoms with Gasteiger partial charge >= 0.3 is 0 Å². The zero-order chi connectivity index (χ0) is 53.6. The number of nitrogens with zero attached hydrogens (tertiary/aromatic N) is 10. The molecule has 6 heterocycles. The van der Waals surface area contributed by atoms with Gasteiger partial charge in [-0.1, -0.05) is 47.6 Å². The molecule has 2 saturated heterocycles. The van der Waals surface area contributed by atoms with Gasteiger partial charge in [0.05, 0.1) is 29.8 Å². The van der Waals surface area contributed by atoms with Gasteiger partial charge in [-0.25, -0.2) is 29.9 Å². The van der Waals surface area contributed by atoms with Crippen molar-refractivity contribution in [1.29, 1.82) is 0 Å². The molecule has 4 aromatic heterocycles. The van der Waals surface area contributed by atoms with Gasteiger partial charge in [0.1, 0.15) is 11.6 Å². The normalized spacial score (nSPS) is 14.6. The Morgan fingerprint density at radius 3 is 1.47 bits per heavy atom. The van der Waals surface area contributed by atoms with Crippen molar-refractivity contribution in [3.05, 3.63) is 136 Å². The van der Waals surface area contributed by atoms with Crippen molar-refractivity contribution in [1.82, 2.24) is 39.0 Å². The molecular weight excluding hydrogens is 965 g/mol. The van der Waals surface area contributed by atoms with Crippen molar-refractivity contribution in [2.24, 2.45) is 11.8 Å². The highest BCUT2D eigenvalue weighted by Crippen LogP contribution is 2.37. The molecule has 0 atom stereocenters. The molecule has 8 rings (SSSR count). The fourth-order valence-corrected chi connectivity index (χ4v) is 9.75. The standard InChI is InChI=1S/C28H37N5O3Si.C28H35N5O3Si/c2*1-20(34)22-17-32(18-22)26-27(35)33(24-12-10-21(11-13-24)25-29-14-8-15-30-25)19-23(31-26)9-7-16-36-37(5,6)28(2,3)4/h8,10-15,19,22H,7,9,16-18H2,1-6H3;7-15,19,22H,16-18H2,1-6H3/b;9-7+. The molecule has 0 unspecified atom stereocenters. The molecule has 2 aliphatic rings. The van der Waals surface area contributed by atoms with E-state index in [1.54, 1.807) is 66.1 Å². The van der Waals surface area contributed by atoms with E-state index in [4.69, 9.17) is 13.8 Å². The van der Waals surface area contributed by atoms with Crippen LogP contribution in [0.2, 0.25) is 36.3 Å². The van der Waals surface area contributed by atoms with E-state index >= 15 is 0 Å². The number of hydrogen-bond acceptors (Lipinski definition) is 14. The molecule has 2 aromatic carbocycles. The minimum atomic E-state index is -1.87. The summed E-state index contributed by atoms with van der Waals surface area (Å²) in [5, 5.41) is 0.286. The van der Waals surface area contributed by atoms with Gasteiger partial charge in [0.15, 0.2) is 39.9 Å². The van der Waals surface area contributed by atoms with E-state index in [1.165, 1.54) is 0 Å². The quantitative estimate of drug-likeness (QED) is 0.0623. The number of hydrogen-bond donors (Lipinski definition) is 0. The Morgan fingerprint density at radius 2 is 1.04 bits per heavy atom. The van der Waals surface area contributed by atoms with Crippen LogP contribution in [-0.2, 0) is 24.9 Å². The fourth-order valence-electron chi connectivity index (χ4n) is 7.72. The van der Waals surface area contributed by atoms with Gasteiger partial charge < -0.3 is 18.7 Å². The van der Waals surface area contributed by atoms with Crippen LogP contribution < -0.4 is 20.9 Å². The summed E-state index contributed by atoms with van der Waals surface area (Å²) in [6, 6.07) is 18.7. The number of Topliss-reactive ketones (excluding diaryl/α,β-unsaturated/α-hetero) is 2. The lowest BCUT2D eigenvalue weighted by molar-refractivity contribution is -0.122. The number of carbonyl (C=O) groups excluding carboxylic acids is 2. The van der Waals surface area contributed by atoms with E-state index < -0.39 is 16.6 Å². The van der Waals surface area contributed by atoms with Crippen LogP contribution in [0.3, 0.4) is 0 Å². The maximum absolute atomic E-state index is 13.5. The minimum Gasteiger partial charge on any atom is -0.417 e. The topological polar surface area (TPSA) is 180 Å². The van der Waals surface area contributed by atoms with E-state index in [0.29, 0.717) is 80.5 Å². The van der Waals surface area contributed by atoms with E-state index in [-0.39, 0.29) is 44.6 Å². The molecule has 0 bridgehead atoms. The Labute approximate surface area is 437 Å². The van der Waals surface area contributed by atoms with Crippen molar-refractivity contribution in [2.75, 3.05) is 49.2 Å². The number of aryl methyl sites for hydroxylation is 1. The van der Waals surface area contributed by atoms with Crippen molar-refractivity contribution in [3.8, 4) is 34.2 Å². The molecular formula is C56H72N10O6Si2. The molecule has 74 heavy (non-hydrogen) atoms. The summed E-state index contributed by atoms with van der Waals surface area (Å²) < 4.78 is 15.9. The Hall–Kier alpha value is -6.61. The van der Waals surface area contributed by atoms with Crippen LogP contribution in [0.4, 0.5) is 11.6 Å². The van der Waals surface area contributed by atoms with Crippen LogP contribution in [0.1, 0.15) is 73.2 Å².